The second-order valence-electron chi connectivity index (χ2n) is 25.0. The highest BCUT2D eigenvalue weighted by Crippen LogP contribution is 2.58. The summed E-state index contributed by atoms with van der Waals surface area (Å²) in [5.41, 5.74) is 3.47. The van der Waals surface area contributed by atoms with Crippen LogP contribution in [-0.2, 0) is 25.6 Å². The number of aliphatic carboxylic acids is 4. The molecule has 4 aromatic rings. The smallest absolute Gasteiger partial charge is 0.330 e. The summed E-state index contributed by atoms with van der Waals surface area (Å²) >= 11 is 6.06. The summed E-state index contributed by atoms with van der Waals surface area (Å²) in [4.78, 5) is 90.4. The first-order valence-corrected chi connectivity index (χ1v) is 31.9. The van der Waals surface area contributed by atoms with Crippen molar-refractivity contribution in [2.75, 3.05) is 131 Å². The summed E-state index contributed by atoms with van der Waals surface area (Å²) in [6.07, 6.45) is 6.30. The molecule has 7 N–H and O–H groups in total. The minimum atomic E-state index is -1.38. The first kappa shape index (κ1) is 66.2. The Morgan fingerprint density at radius 2 is 1.33 bits per heavy atom. The number of carboxylic acids is 4. The predicted molar refractivity (Wildman–Crippen MR) is 340 cm³/mol. The van der Waals surface area contributed by atoms with Gasteiger partial charge in [-0.15, -0.1) is 0 Å². The number of hydrogen-bond donors (Lipinski definition) is 7. The maximum absolute atomic E-state index is 14.9. The van der Waals surface area contributed by atoms with Gasteiger partial charge >= 0.3 is 23.9 Å². The lowest BCUT2D eigenvalue weighted by Gasteiger charge is -2.59. The Kier molecular flexibility index (Phi) is 22.4. The van der Waals surface area contributed by atoms with E-state index in [1.165, 1.54) is 0 Å². The normalized spacial score (nSPS) is 23.1. The van der Waals surface area contributed by atoms with Gasteiger partial charge < -0.3 is 65.4 Å². The van der Waals surface area contributed by atoms with E-state index in [0.717, 1.165) is 94.5 Å². The van der Waals surface area contributed by atoms with Crippen LogP contribution in [0.3, 0.4) is 0 Å². The number of benzene rings is 3. The molecule has 3 aromatic carbocycles. The zero-order chi connectivity index (χ0) is 63.5. The Morgan fingerprint density at radius 3 is 1.90 bits per heavy atom. The molecule has 2 amide bonds. The number of methoxy groups -OCH3 is 2. The highest BCUT2D eigenvalue weighted by molar-refractivity contribution is 7.80. The van der Waals surface area contributed by atoms with Crippen LogP contribution in [0, 0.1) is 23.7 Å². The number of carboxylic acid groups (broad SMARTS) is 4. The number of rotatable bonds is 25. The number of hydrogen-bond acceptors (Lipinski definition) is 15. The average Bonchev–Trinajstić information content (AvgIpc) is 1.11. The molecule has 10 rings (SSSR count). The lowest BCUT2D eigenvalue weighted by molar-refractivity contribution is -0.163. The number of amides is 2. The molecule has 6 bridgehead atoms. The van der Waals surface area contributed by atoms with Gasteiger partial charge in [0.15, 0.2) is 10.8 Å². The number of thiocarbonyl (C=S) groups is 1. The Bertz CT molecular complexity index is 3130. The van der Waals surface area contributed by atoms with Crippen LogP contribution < -0.4 is 25.4 Å². The molecule has 24 heteroatoms. The minimum Gasteiger partial charge on any atom is -0.496 e. The van der Waals surface area contributed by atoms with Crippen molar-refractivity contribution in [3.05, 3.63) is 89.1 Å². The van der Waals surface area contributed by atoms with Crippen molar-refractivity contribution in [2.24, 2.45) is 23.7 Å². The monoisotopic (exact) mass is 1250 g/mol. The van der Waals surface area contributed by atoms with Crippen molar-refractivity contribution >= 4 is 58.7 Å². The van der Waals surface area contributed by atoms with E-state index in [4.69, 9.17) is 26.8 Å². The average molecular weight is 1250 g/mol. The number of aromatic nitrogens is 2. The number of ether oxygens (including phenoxy) is 2. The van der Waals surface area contributed by atoms with Crippen LogP contribution >= 0.6 is 12.2 Å². The molecule has 6 aliphatic rings. The van der Waals surface area contributed by atoms with Crippen molar-refractivity contribution < 1.29 is 58.7 Å². The number of anilines is 1. The lowest BCUT2D eigenvalue weighted by atomic mass is 9.48. The zero-order valence-electron chi connectivity index (χ0n) is 52.0. The Balaban J connectivity index is 0.868. The SMILES string of the molecule is CCN(CCN(CC(=O)O)C(CNCC(=O)O)Cc1ccc(NC(=S)N2CCCN3CCN(CCCN(C(=O)c4ccc(-n5nc(C(=O)NC6(C(=O)O)C7CC8CC(C7)CC6C8)cc5-c5c(OC)cccc5OC)c(C(C)C)c4)CC3)CC2)cc1)CC(=O)O. The molecule has 3 atom stereocenters. The van der Waals surface area contributed by atoms with Crippen molar-refractivity contribution in [3.8, 4) is 28.4 Å². The third kappa shape index (κ3) is 16.0. The fraction of sp³-hybridized carbons (Fsp3) is 0.569. The molecule has 2 aliphatic heterocycles. The zero-order valence-corrected chi connectivity index (χ0v) is 52.8. The first-order valence-electron chi connectivity index (χ1n) is 31.5. The molecule has 2 saturated heterocycles. The van der Waals surface area contributed by atoms with Gasteiger partial charge in [0, 0.05) is 89.3 Å². The van der Waals surface area contributed by atoms with Gasteiger partial charge in [-0.05, 0) is 172 Å². The molecule has 3 unspecified atom stereocenters. The summed E-state index contributed by atoms with van der Waals surface area (Å²) in [6, 6.07) is 20.2. The molecule has 23 nitrogen and oxygen atoms in total. The molecular weight excluding hydrogens is 1160 g/mol. The lowest BCUT2D eigenvalue weighted by Crippen LogP contribution is -2.70. The van der Waals surface area contributed by atoms with Gasteiger partial charge in [-0.2, -0.15) is 5.10 Å². The van der Waals surface area contributed by atoms with E-state index in [0.29, 0.717) is 103 Å². The van der Waals surface area contributed by atoms with Gasteiger partial charge in [0.05, 0.1) is 50.8 Å². The Labute approximate surface area is 526 Å². The minimum absolute atomic E-state index is 0.0616. The summed E-state index contributed by atoms with van der Waals surface area (Å²) in [7, 11) is 3.14. The molecule has 0 radical (unpaired) electrons. The van der Waals surface area contributed by atoms with Gasteiger partial charge in [-0.1, -0.05) is 39.0 Å². The molecule has 4 saturated carbocycles. The van der Waals surface area contributed by atoms with Gasteiger partial charge in [-0.3, -0.25) is 33.8 Å². The third-order valence-electron chi connectivity index (χ3n) is 19.0. The van der Waals surface area contributed by atoms with E-state index < -0.39 is 41.4 Å². The molecule has 0 spiro atoms. The quantitative estimate of drug-likeness (QED) is 0.0397. The van der Waals surface area contributed by atoms with Crippen molar-refractivity contribution in [1.29, 1.82) is 0 Å². The number of nitrogens with one attached hydrogen (secondary N) is 3. The highest BCUT2D eigenvalue weighted by Gasteiger charge is 2.62. The number of carbonyl (C=O) groups excluding carboxylic acids is 2. The van der Waals surface area contributed by atoms with Gasteiger partial charge in [0.2, 0.25) is 0 Å². The molecule has 1 aromatic heterocycles. The predicted octanol–water partition coefficient (Wildman–Crippen LogP) is 5.62. The Morgan fingerprint density at radius 1 is 0.719 bits per heavy atom. The number of fused-ring (bicyclic) bond motifs is 3. The second-order valence-corrected chi connectivity index (χ2v) is 25.4. The van der Waals surface area contributed by atoms with Gasteiger partial charge in [0.1, 0.15) is 17.0 Å². The number of carbonyl (C=O) groups is 6. The van der Waals surface area contributed by atoms with E-state index in [-0.39, 0.29) is 62.1 Å². The van der Waals surface area contributed by atoms with E-state index in [2.05, 4.69) is 44.5 Å². The van der Waals surface area contributed by atoms with E-state index in [1.807, 2.05) is 72.5 Å². The maximum atomic E-state index is 14.9. The molecule has 6 fully saturated rings. The third-order valence-corrected chi connectivity index (χ3v) is 19.4. The number of likely N-dealkylation sites (N-methyl/N-ethyl adjacent to an activating group) is 1. The highest BCUT2D eigenvalue weighted by atomic mass is 32.1. The van der Waals surface area contributed by atoms with Gasteiger partial charge in [0.25, 0.3) is 11.8 Å². The molecule has 89 heavy (non-hydrogen) atoms. The molecular formula is C65H89N11O12S. The van der Waals surface area contributed by atoms with Crippen molar-refractivity contribution in [2.45, 2.75) is 89.6 Å². The fourth-order valence-electron chi connectivity index (χ4n) is 14.6. The van der Waals surface area contributed by atoms with Gasteiger partial charge in [-0.25, -0.2) is 9.48 Å². The van der Waals surface area contributed by atoms with Crippen LogP contribution in [0.25, 0.3) is 16.9 Å². The molecule has 3 heterocycles. The van der Waals surface area contributed by atoms with Crippen LogP contribution in [0.2, 0.25) is 0 Å². The fourth-order valence-corrected chi connectivity index (χ4v) is 14.9. The van der Waals surface area contributed by atoms with E-state index in [9.17, 15) is 49.2 Å². The van der Waals surface area contributed by atoms with Crippen molar-refractivity contribution in [1.82, 2.24) is 49.8 Å². The van der Waals surface area contributed by atoms with Crippen LogP contribution in [0.1, 0.15) is 104 Å². The summed E-state index contributed by atoms with van der Waals surface area (Å²) in [5.74, 6) is -3.09. The Hall–Kier alpha value is -7.22. The van der Waals surface area contributed by atoms with E-state index in [1.54, 1.807) is 34.8 Å². The number of nitrogens with zero attached hydrogens (tertiary/aromatic N) is 8. The summed E-state index contributed by atoms with van der Waals surface area (Å²) in [6.45, 7) is 13.7. The topological polar surface area (TPSA) is 275 Å². The van der Waals surface area contributed by atoms with Crippen LogP contribution in [0.4, 0.5) is 5.69 Å². The van der Waals surface area contributed by atoms with Crippen LogP contribution in [0.5, 0.6) is 11.5 Å². The van der Waals surface area contributed by atoms with Crippen LogP contribution in [-0.4, -0.2) is 237 Å². The summed E-state index contributed by atoms with van der Waals surface area (Å²) < 4.78 is 13.5. The van der Waals surface area contributed by atoms with Crippen molar-refractivity contribution in [3.63, 3.8) is 0 Å². The first-order chi connectivity index (χ1) is 42.8. The standard InChI is InChI=1S/C65H89N11O12S/c1-6-70(40-58(79)80)24-29-75(41-59(81)82)50(38-66-39-57(77)78)35-43-12-15-49(16-13-43)67-64(89)74-21-9-19-71-22-23-72(26-28-74)18-8-20-73(27-25-71)62(84)46-14-17-53(51(36-46)42(2)3)76-54(60-55(87-4)10-7-11-56(60)88-5)37-52(69-76)61(83)68-65(63(85)86)47-31-44-30-45(33-47)34-48(65)32-44/h7,10-17,36-37,42,44-45,47-48,50,66H,6,8-9,18-35,38-41H2,1-5H3,(H,67,89)(H,68,83)(H,77,78)(H,79,80)(H,81,82)(H,85,86). The molecule has 482 valence electrons. The largest absolute Gasteiger partial charge is 0.496 e. The summed E-state index contributed by atoms with van der Waals surface area (Å²) in [5, 5.41) is 54.6. The maximum Gasteiger partial charge on any atom is 0.330 e. The second kappa shape index (κ2) is 30.1. The molecule has 4 aliphatic carbocycles. The van der Waals surface area contributed by atoms with Crippen LogP contribution in [0.15, 0.2) is 66.7 Å². The van der Waals surface area contributed by atoms with E-state index >= 15 is 0 Å².